The molecule has 1 aliphatic heterocycles. The molecule has 0 fully saturated rings. The lowest BCUT2D eigenvalue weighted by Crippen LogP contribution is -1.99. The van der Waals surface area contributed by atoms with E-state index in [4.69, 9.17) is 15.2 Å². The maximum atomic E-state index is 5.72. The Balaban J connectivity index is 0.00000133. The Morgan fingerprint density at radius 2 is 1.71 bits per heavy atom. The van der Waals surface area contributed by atoms with Gasteiger partial charge in [-0.05, 0) is 35.9 Å². The van der Waals surface area contributed by atoms with Crippen molar-refractivity contribution in [1.82, 2.24) is 0 Å². The van der Waals surface area contributed by atoms with Gasteiger partial charge in [0.15, 0.2) is 11.5 Å². The number of halogens is 3. The summed E-state index contributed by atoms with van der Waals surface area (Å²) in [5, 5.41) is 3.32. The van der Waals surface area contributed by atoms with E-state index in [9.17, 15) is 0 Å². The van der Waals surface area contributed by atoms with E-state index >= 15 is 0 Å². The van der Waals surface area contributed by atoms with Gasteiger partial charge >= 0.3 is 0 Å². The molecule has 0 saturated heterocycles. The number of nitrogens with two attached hydrogens (primary N) is 1. The summed E-state index contributed by atoms with van der Waals surface area (Å²) in [5.74, 6) is 1.62. The van der Waals surface area contributed by atoms with Gasteiger partial charge < -0.3 is 20.5 Å². The summed E-state index contributed by atoms with van der Waals surface area (Å²) in [7, 11) is 0. The SMILES string of the molecule is Cl.Cl.Cl.Nc1cccc(NCc2ccc3c(c2)OCO3)c1. The zero-order valence-electron chi connectivity index (χ0n) is 11.1. The number of benzene rings is 2. The fraction of sp³-hybridized carbons (Fsp3) is 0.143. The number of fused-ring (bicyclic) bond motifs is 1. The van der Waals surface area contributed by atoms with Crippen LogP contribution in [0, 0.1) is 0 Å². The maximum Gasteiger partial charge on any atom is 0.231 e. The Hall–Kier alpha value is -1.49. The predicted octanol–water partition coefficient (Wildman–Crippen LogP) is 3.88. The standard InChI is InChI=1S/C14H14N2O2.3ClH/c15-11-2-1-3-12(7-11)16-8-10-4-5-13-14(6-10)18-9-17-13;;;/h1-7,16H,8-9,15H2;3*1H. The molecule has 0 aromatic heterocycles. The minimum absolute atomic E-state index is 0. The smallest absolute Gasteiger partial charge is 0.231 e. The van der Waals surface area contributed by atoms with E-state index in [1.807, 2.05) is 42.5 Å². The first-order valence-electron chi connectivity index (χ1n) is 5.79. The molecule has 0 spiro atoms. The third-order valence-corrected chi connectivity index (χ3v) is 2.82. The average Bonchev–Trinajstić information content (AvgIpc) is 2.84. The van der Waals surface area contributed by atoms with Crippen molar-refractivity contribution in [3.63, 3.8) is 0 Å². The van der Waals surface area contributed by atoms with Gasteiger partial charge in [0.05, 0.1) is 0 Å². The van der Waals surface area contributed by atoms with E-state index in [-0.39, 0.29) is 37.2 Å². The molecular formula is C14H17Cl3N2O2. The molecule has 1 heterocycles. The largest absolute Gasteiger partial charge is 0.454 e. The first kappa shape index (κ1) is 19.5. The zero-order chi connectivity index (χ0) is 12.4. The van der Waals surface area contributed by atoms with Crippen LogP contribution in [0.2, 0.25) is 0 Å². The van der Waals surface area contributed by atoms with E-state index < -0.39 is 0 Å². The second-order valence-corrected chi connectivity index (χ2v) is 4.17. The Morgan fingerprint density at radius 3 is 2.48 bits per heavy atom. The van der Waals surface area contributed by atoms with Crippen LogP contribution in [-0.4, -0.2) is 6.79 Å². The highest BCUT2D eigenvalue weighted by Gasteiger charge is 2.12. The van der Waals surface area contributed by atoms with E-state index in [1.54, 1.807) is 0 Å². The first-order chi connectivity index (χ1) is 8.81. The summed E-state index contributed by atoms with van der Waals surface area (Å²) in [6, 6.07) is 13.6. The van der Waals surface area contributed by atoms with Crippen molar-refractivity contribution in [3.05, 3.63) is 48.0 Å². The van der Waals surface area contributed by atoms with Crippen molar-refractivity contribution in [1.29, 1.82) is 0 Å². The predicted molar refractivity (Wildman–Crippen MR) is 92.5 cm³/mol. The van der Waals surface area contributed by atoms with Crippen molar-refractivity contribution in [2.75, 3.05) is 17.8 Å². The summed E-state index contributed by atoms with van der Waals surface area (Å²) < 4.78 is 10.6. The molecule has 1 aliphatic rings. The third-order valence-electron chi connectivity index (χ3n) is 2.82. The lowest BCUT2D eigenvalue weighted by molar-refractivity contribution is 0.174. The molecule has 4 nitrogen and oxygen atoms in total. The van der Waals surface area contributed by atoms with E-state index in [0.717, 1.165) is 35.0 Å². The Labute approximate surface area is 142 Å². The molecule has 3 N–H and O–H groups in total. The molecular weight excluding hydrogens is 335 g/mol. The molecule has 2 aromatic carbocycles. The second-order valence-electron chi connectivity index (χ2n) is 4.17. The minimum Gasteiger partial charge on any atom is -0.454 e. The molecule has 116 valence electrons. The van der Waals surface area contributed by atoms with Crippen LogP contribution in [0.5, 0.6) is 11.5 Å². The number of nitrogen functional groups attached to an aromatic ring is 1. The Morgan fingerprint density at radius 1 is 0.952 bits per heavy atom. The highest BCUT2D eigenvalue weighted by Crippen LogP contribution is 2.32. The van der Waals surface area contributed by atoms with Gasteiger partial charge in [0.1, 0.15) is 0 Å². The monoisotopic (exact) mass is 350 g/mol. The number of rotatable bonds is 3. The summed E-state index contributed by atoms with van der Waals surface area (Å²) in [4.78, 5) is 0. The average molecular weight is 352 g/mol. The second kappa shape index (κ2) is 8.72. The number of hydrogen-bond donors (Lipinski definition) is 2. The van der Waals surface area contributed by atoms with Gasteiger partial charge in [-0.1, -0.05) is 12.1 Å². The lowest BCUT2D eigenvalue weighted by Gasteiger charge is -2.07. The van der Waals surface area contributed by atoms with Gasteiger partial charge in [-0.15, -0.1) is 37.2 Å². The van der Waals surface area contributed by atoms with Crippen LogP contribution >= 0.6 is 37.2 Å². The van der Waals surface area contributed by atoms with Crippen LogP contribution < -0.4 is 20.5 Å². The molecule has 0 saturated carbocycles. The molecule has 0 unspecified atom stereocenters. The Kier molecular flexibility index (Phi) is 8.10. The number of nitrogens with one attached hydrogen (secondary N) is 1. The van der Waals surface area contributed by atoms with Crippen LogP contribution in [0.1, 0.15) is 5.56 Å². The molecule has 0 radical (unpaired) electrons. The van der Waals surface area contributed by atoms with Gasteiger partial charge in [0, 0.05) is 17.9 Å². The number of hydrogen-bond acceptors (Lipinski definition) is 4. The summed E-state index contributed by atoms with van der Waals surface area (Å²) in [5.41, 5.74) is 8.63. The molecule has 0 amide bonds. The quantitative estimate of drug-likeness (QED) is 0.824. The van der Waals surface area contributed by atoms with Gasteiger partial charge in [-0.3, -0.25) is 0 Å². The maximum absolute atomic E-state index is 5.72. The molecule has 21 heavy (non-hydrogen) atoms. The molecule has 7 heteroatoms. The number of anilines is 2. The molecule has 2 aromatic rings. The van der Waals surface area contributed by atoms with Gasteiger partial charge in [-0.2, -0.15) is 0 Å². The van der Waals surface area contributed by atoms with Crippen molar-refractivity contribution >= 4 is 48.6 Å². The van der Waals surface area contributed by atoms with Crippen LogP contribution in [0.4, 0.5) is 11.4 Å². The molecule has 0 bridgehead atoms. The normalized spacial score (nSPS) is 10.7. The van der Waals surface area contributed by atoms with Crippen LogP contribution in [-0.2, 0) is 6.54 Å². The van der Waals surface area contributed by atoms with Crippen molar-refractivity contribution < 1.29 is 9.47 Å². The number of ether oxygens (including phenoxy) is 2. The third kappa shape index (κ3) is 4.77. The Bertz CT molecular complexity index is 582. The summed E-state index contributed by atoms with van der Waals surface area (Å²) in [6.45, 7) is 1.03. The van der Waals surface area contributed by atoms with Gasteiger partial charge in [0.25, 0.3) is 0 Å². The van der Waals surface area contributed by atoms with E-state index in [0.29, 0.717) is 6.79 Å². The minimum atomic E-state index is 0. The summed E-state index contributed by atoms with van der Waals surface area (Å²) >= 11 is 0. The van der Waals surface area contributed by atoms with Gasteiger partial charge in [0.2, 0.25) is 6.79 Å². The van der Waals surface area contributed by atoms with E-state index in [1.165, 1.54) is 0 Å². The lowest BCUT2D eigenvalue weighted by atomic mass is 10.2. The fourth-order valence-corrected chi connectivity index (χ4v) is 1.90. The highest BCUT2D eigenvalue weighted by atomic mass is 35.5. The van der Waals surface area contributed by atoms with Crippen LogP contribution in [0.25, 0.3) is 0 Å². The van der Waals surface area contributed by atoms with Crippen molar-refractivity contribution in [2.24, 2.45) is 0 Å². The van der Waals surface area contributed by atoms with Crippen LogP contribution in [0.15, 0.2) is 42.5 Å². The molecule has 0 aliphatic carbocycles. The molecule has 3 rings (SSSR count). The highest BCUT2D eigenvalue weighted by molar-refractivity contribution is 5.86. The van der Waals surface area contributed by atoms with Crippen LogP contribution in [0.3, 0.4) is 0 Å². The van der Waals surface area contributed by atoms with E-state index in [2.05, 4.69) is 5.32 Å². The van der Waals surface area contributed by atoms with Gasteiger partial charge in [-0.25, -0.2) is 0 Å². The van der Waals surface area contributed by atoms with Crippen molar-refractivity contribution in [3.8, 4) is 11.5 Å². The summed E-state index contributed by atoms with van der Waals surface area (Å²) in [6.07, 6.45) is 0. The van der Waals surface area contributed by atoms with Crippen molar-refractivity contribution in [2.45, 2.75) is 6.54 Å². The fourth-order valence-electron chi connectivity index (χ4n) is 1.90. The first-order valence-corrected chi connectivity index (χ1v) is 5.79. The zero-order valence-corrected chi connectivity index (χ0v) is 13.5. The molecule has 0 atom stereocenters. The topological polar surface area (TPSA) is 56.5 Å².